The van der Waals surface area contributed by atoms with Gasteiger partial charge in [0.25, 0.3) is 0 Å². The summed E-state index contributed by atoms with van der Waals surface area (Å²) in [5.41, 5.74) is 4.50. The fourth-order valence-corrected chi connectivity index (χ4v) is 2.76. The van der Waals surface area contributed by atoms with Gasteiger partial charge < -0.3 is 9.73 Å². The van der Waals surface area contributed by atoms with Gasteiger partial charge in [-0.1, -0.05) is 6.07 Å². The van der Waals surface area contributed by atoms with Crippen LogP contribution in [0.1, 0.15) is 23.7 Å². The van der Waals surface area contributed by atoms with E-state index < -0.39 is 0 Å². The van der Waals surface area contributed by atoms with Crippen molar-refractivity contribution in [3.05, 3.63) is 60.2 Å². The smallest absolute Gasteiger partial charge is 0.247 e. The van der Waals surface area contributed by atoms with E-state index >= 15 is 0 Å². The molecule has 1 aliphatic rings. The third-order valence-corrected chi connectivity index (χ3v) is 3.79. The second-order valence-corrected chi connectivity index (χ2v) is 5.10. The van der Waals surface area contributed by atoms with Crippen LogP contribution in [0.15, 0.2) is 53.4 Å². The number of hydrogen-bond acceptors (Lipinski definition) is 5. The van der Waals surface area contributed by atoms with Crippen molar-refractivity contribution in [3.63, 3.8) is 0 Å². The standard InChI is InChI=1S/C16H14N4O/c1-2-11-5-8-14(15(11)17-9-1)19-13-6-3-12(4-7-13)16-20-18-10-21-16/h1-4,6-7,9-10,14,19H,5,8H2. The van der Waals surface area contributed by atoms with Crippen LogP contribution in [-0.2, 0) is 6.42 Å². The van der Waals surface area contributed by atoms with E-state index in [-0.39, 0.29) is 6.04 Å². The van der Waals surface area contributed by atoms with E-state index in [0.29, 0.717) is 5.89 Å². The minimum atomic E-state index is 0.287. The second-order valence-electron chi connectivity index (χ2n) is 5.10. The summed E-state index contributed by atoms with van der Waals surface area (Å²) < 4.78 is 5.19. The number of pyridine rings is 1. The summed E-state index contributed by atoms with van der Waals surface area (Å²) >= 11 is 0. The number of hydrogen-bond donors (Lipinski definition) is 1. The number of rotatable bonds is 3. The van der Waals surface area contributed by atoms with Crippen molar-refractivity contribution < 1.29 is 4.42 Å². The molecule has 0 aliphatic heterocycles. The predicted octanol–water partition coefficient (Wildman–Crippen LogP) is 3.23. The third-order valence-electron chi connectivity index (χ3n) is 3.79. The number of nitrogens with zero attached hydrogens (tertiary/aromatic N) is 3. The van der Waals surface area contributed by atoms with Crippen molar-refractivity contribution in [2.45, 2.75) is 18.9 Å². The van der Waals surface area contributed by atoms with Crippen LogP contribution in [-0.4, -0.2) is 15.2 Å². The molecule has 0 amide bonds. The Balaban J connectivity index is 1.53. The summed E-state index contributed by atoms with van der Waals surface area (Å²) in [6.07, 6.45) is 5.36. The number of benzene rings is 1. The topological polar surface area (TPSA) is 63.8 Å². The van der Waals surface area contributed by atoms with Gasteiger partial charge in [-0.3, -0.25) is 4.98 Å². The van der Waals surface area contributed by atoms with Crippen molar-refractivity contribution in [1.82, 2.24) is 15.2 Å². The number of fused-ring (bicyclic) bond motifs is 1. The SMILES string of the molecule is c1cnc2c(c1)CCC2Nc1ccc(-c2nnco2)cc1. The molecule has 0 bridgehead atoms. The lowest BCUT2D eigenvalue weighted by atomic mass is 10.1. The third kappa shape index (κ3) is 2.27. The maximum atomic E-state index is 5.19. The summed E-state index contributed by atoms with van der Waals surface area (Å²) in [5.74, 6) is 0.537. The lowest BCUT2D eigenvalue weighted by Gasteiger charge is -2.14. The molecule has 1 aliphatic carbocycles. The van der Waals surface area contributed by atoms with Gasteiger partial charge in [-0.25, -0.2) is 0 Å². The zero-order valence-corrected chi connectivity index (χ0v) is 11.4. The molecule has 2 heterocycles. The van der Waals surface area contributed by atoms with E-state index in [1.165, 1.54) is 17.7 Å². The van der Waals surface area contributed by atoms with Crippen molar-refractivity contribution in [2.75, 3.05) is 5.32 Å². The van der Waals surface area contributed by atoms with Crippen LogP contribution in [0.4, 0.5) is 5.69 Å². The number of aromatic nitrogens is 3. The number of nitrogens with one attached hydrogen (secondary N) is 1. The largest absolute Gasteiger partial charge is 0.423 e. The van der Waals surface area contributed by atoms with E-state index in [0.717, 1.165) is 24.1 Å². The normalized spacial score (nSPS) is 16.7. The maximum absolute atomic E-state index is 5.19. The first kappa shape index (κ1) is 12.1. The molecule has 1 atom stereocenters. The average Bonchev–Trinajstić information content (AvgIpc) is 3.19. The molecule has 1 unspecified atom stereocenters. The zero-order chi connectivity index (χ0) is 14.1. The van der Waals surface area contributed by atoms with Crippen LogP contribution in [0.5, 0.6) is 0 Å². The Kier molecular flexibility index (Phi) is 2.88. The van der Waals surface area contributed by atoms with Crippen LogP contribution >= 0.6 is 0 Å². The van der Waals surface area contributed by atoms with Crippen molar-refractivity contribution in [1.29, 1.82) is 0 Å². The highest BCUT2D eigenvalue weighted by atomic mass is 16.4. The monoisotopic (exact) mass is 278 g/mol. The minimum Gasteiger partial charge on any atom is -0.423 e. The molecule has 4 rings (SSSR count). The van der Waals surface area contributed by atoms with Crippen molar-refractivity contribution in [2.24, 2.45) is 0 Å². The maximum Gasteiger partial charge on any atom is 0.247 e. The van der Waals surface area contributed by atoms with Crippen LogP contribution in [0.3, 0.4) is 0 Å². The van der Waals surface area contributed by atoms with Crippen LogP contribution in [0, 0.1) is 0 Å². The number of anilines is 1. The van der Waals surface area contributed by atoms with Gasteiger partial charge in [-0.05, 0) is 48.7 Å². The molecule has 0 spiro atoms. The highest BCUT2D eigenvalue weighted by Crippen LogP contribution is 2.32. The highest BCUT2D eigenvalue weighted by molar-refractivity contribution is 5.58. The summed E-state index contributed by atoms with van der Waals surface area (Å²) in [6, 6.07) is 12.5. The van der Waals surface area contributed by atoms with Gasteiger partial charge in [0, 0.05) is 17.4 Å². The van der Waals surface area contributed by atoms with Crippen LogP contribution < -0.4 is 5.32 Å². The van der Waals surface area contributed by atoms with E-state index in [9.17, 15) is 0 Å². The first-order chi connectivity index (χ1) is 10.4. The highest BCUT2D eigenvalue weighted by Gasteiger charge is 2.23. The number of aryl methyl sites for hydroxylation is 1. The van der Waals surface area contributed by atoms with Gasteiger partial charge in [0.2, 0.25) is 12.3 Å². The molecule has 5 heteroatoms. The molecule has 3 aromatic rings. The molecular formula is C16H14N4O. The van der Waals surface area contributed by atoms with Gasteiger partial charge in [0.1, 0.15) is 0 Å². The summed E-state index contributed by atoms with van der Waals surface area (Å²) in [6.45, 7) is 0. The Bertz CT molecular complexity index is 737. The fourth-order valence-electron chi connectivity index (χ4n) is 2.76. The molecule has 0 saturated heterocycles. The van der Waals surface area contributed by atoms with Gasteiger partial charge in [-0.2, -0.15) is 0 Å². The van der Waals surface area contributed by atoms with Crippen LogP contribution in [0.25, 0.3) is 11.5 Å². The minimum absolute atomic E-state index is 0.287. The lowest BCUT2D eigenvalue weighted by Crippen LogP contribution is -2.08. The summed E-state index contributed by atoms with van der Waals surface area (Å²) in [7, 11) is 0. The lowest BCUT2D eigenvalue weighted by molar-refractivity contribution is 0.568. The summed E-state index contributed by atoms with van der Waals surface area (Å²) in [4.78, 5) is 4.50. The fraction of sp³-hybridized carbons (Fsp3) is 0.188. The predicted molar refractivity (Wildman–Crippen MR) is 78.7 cm³/mol. The first-order valence-corrected chi connectivity index (χ1v) is 6.97. The Hall–Kier alpha value is -2.69. The first-order valence-electron chi connectivity index (χ1n) is 6.97. The van der Waals surface area contributed by atoms with Gasteiger partial charge in [0.15, 0.2) is 0 Å². The second kappa shape index (κ2) is 5.01. The molecule has 21 heavy (non-hydrogen) atoms. The Morgan fingerprint density at radius 2 is 2.05 bits per heavy atom. The molecule has 0 fully saturated rings. The molecular weight excluding hydrogens is 264 g/mol. The van der Waals surface area contributed by atoms with Gasteiger partial charge in [-0.15, -0.1) is 10.2 Å². The molecule has 0 saturated carbocycles. The molecule has 1 N–H and O–H groups in total. The van der Waals surface area contributed by atoms with Crippen molar-refractivity contribution >= 4 is 5.69 Å². The summed E-state index contributed by atoms with van der Waals surface area (Å²) in [5, 5.41) is 11.1. The Labute approximate surface area is 122 Å². The van der Waals surface area contributed by atoms with E-state index in [1.807, 2.05) is 36.5 Å². The van der Waals surface area contributed by atoms with Gasteiger partial charge in [0.05, 0.1) is 11.7 Å². The van der Waals surface area contributed by atoms with Crippen molar-refractivity contribution in [3.8, 4) is 11.5 Å². The van der Waals surface area contributed by atoms with E-state index in [2.05, 4.69) is 26.6 Å². The molecule has 1 aromatic carbocycles. The van der Waals surface area contributed by atoms with Gasteiger partial charge >= 0.3 is 0 Å². The molecule has 0 radical (unpaired) electrons. The molecule has 2 aromatic heterocycles. The average molecular weight is 278 g/mol. The quantitative estimate of drug-likeness (QED) is 0.796. The zero-order valence-electron chi connectivity index (χ0n) is 11.4. The Morgan fingerprint density at radius 1 is 1.14 bits per heavy atom. The molecule has 104 valence electrons. The van der Waals surface area contributed by atoms with E-state index in [4.69, 9.17) is 4.42 Å². The van der Waals surface area contributed by atoms with Crippen LogP contribution in [0.2, 0.25) is 0 Å². The Morgan fingerprint density at radius 3 is 2.86 bits per heavy atom. The molecule has 5 nitrogen and oxygen atoms in total. The van der Waals surface area contributed by atoms with E-state index in [1.54, 1.807) is 0 Å².